The van der Waals surface area contributed by atoms with Crippen LogP contribution in [0.1, 0.15) is 30.7 Å². The van der Waals surface area contributed by atoms with E-state index in [-0.39, 0.29) is 0 Å². The van der Waals surface area contributed by atoms with Crippen molar-refractivity contribution in [2.45, 2.75) is 31.2 Å². The van der Waals surface area contributed by atoms with Crippen LogP contribution in [0, 0.1) is 0 Å². The zero-order valence-corrected chi connectivity index (χ0v) is 8.11. The summed E-state index contributed by atoms with van der Waals surface area (Å²) in [5.74, 6) is 0.686. The average molecular weight is 174 g/mol. The summed E-state index contributed by atoms with van der Waals surface area (Å²) in [7, 11) is 1.95. The van der Waals surface area contributed by atoms with E-state index in [1.54, 1.807) is 0 Å². The zero-order chi connectivity index (χ0) is 9.10. The minimum absolute atomic E-state index is 0.572. The molecule has 13 heavy (non-hydrogen) atoms. The molecule has 0 bridgehead atoms. The summed E-state index contributed by atoms with van der Waals surface area (Å²) in [4.78, 5) is 0. The van der Waals surface area contributed by atoms with E-state index in [0.717, 1.165) is 0 Å². The van der Waals surface area contributed by atoms with Gasteiger partial charge in [-0.15, -0.1) is 6.04 Å². The van der Waals surface area contributed by atoms with E-state index in [0.29, 0.717) is 12.0 Å². The van der Waals surface area contributed by atoms with Gasteiger partial charge >= 0.3 is 0 Å². The fraction of sp³-hybridized carbons (Fsp3) is 0.500. The molecule has 2 rings (SSSR count). The van der Waals surface area contributed by atoms with Crippen molar-refractivity contribution >= 4 is 0 Å². The molecule has 1 heteroatoms. The summed E-state index contributed by atoms with van der Waals surface area (Å²) < 4.78 is 0. The van der Waals surface area contributed by atoms with Crippen molar-refractivity contribution < 1.29 is 0 Å². The van der Waals surface area contributed by atoms with Gasteiger partial charge in [-0.05, 0) is 17.9 Å². The maximum atomic E-state index is 4.45. The Labute approximate surface area is 80.2 Å². The minimum atomic E-state index is 0.572. The lowest BCUT2D eigenvalue weighted by molar-refractivity contribution is 0.665. The van der Waals surface area contributed by atoms with Crippen molar-refractivity contribution in [3.63, 3.8) is 0 Å². The number of benzene rings is 1. The van der Waals surface area contributed by atoms with Crippen molar-refractivity contribution in [1.29, 1.82) is 0 Å². The Morgan fingerprint density at radius 2 is 1.92 bits per heavy atom. The molecule has 0 unspecified atom stereocenters. The van der Waals surface area contributed by atoms with Gasteiger partial charge in [-0.1, -0.05) is 43.2 Å². The van der Waals surface area contributed by atoms with Crippen LogP contribution in [0.2, 0.25) is 0 Å². The van der Waals surface area contributed by atoms with E-state index >= 15 is 0 Å². The third-order valence-corrected chi connectivity index (χ3v) is 3.04. The Bertz CT molecular complexity index is 255. The van der Waals surface area contributed by atoms with Crippen LogP contribution in [0.3, 0.4) is 0 Å². The predicted octanol–water partition coefficient (Wildman–Crippen LogP) is 3.33. The van der Waals surface area contributed by atoms with Gasteiger partial charge in [0.1, 0.15) is 0 Å². The average Bonchev–Trinajstić information content (AvgIpc) is 2.67. The Morgan fingerprint density at radius 1 is 1.15 bits per heavy atom. The molecule has 1 fully saturated rings. The number of hydrogen-bond donors (Lipinski definition) is 0. The fourth-order valence-electron chi connectivity index (χ4n) is 2.34. The van der Waals surface area contributed by atoms with Crippen LogP contribution in [0.15, 0.2) is 30.3 Å². The summed E-state index contributed by atoms with van der Waals surface area (Å²) in [6.07, 6.45) is 3.92. The molecule has 0 N–H and O–H groups in total. The van der Waals surface area contributed by atoms with Crippen LogP contribution < -0.4 is 0 Å². The van der Waals surface area contributed by atoms with Crippen LogP contribution in [-0.4, -0.2) is 13.1 Å². The Hall–Kier alpha value is -0.820. The Balaban J connectivity index is 2.16. The first-order valence-corrected chi connectivity index (χ1v) is 5.05. The molecule has 1 aromatic carbocycles. The highest BCUT2D eigenvalue weighted by atomic mass is 14.9. The zero-order valence-electron chi connectivity index (χ0n) is 8.11. The summed E-state index contributed by atoms with van der Waals surface area (Å²) >= 11 is 0. The maximum Gasteiger partial charge on any atom is -0.0322 e. The first-order valence-electron chi connectivity index (χ1n) is 5.05. The molecule has 0 heterocycles. The van der Waals surface area contributed by atoms with Gasteiger partial charge in [0.15, 0.2) is 0 Å². The second-order valence-electron chi connectivity index (χ2n) is 3.77. The summed E-state index contributed by atoms with van der Waals surface area (Å²) in [6, 6.07) is 11.4. The van der Waals surface area contributed by atoms with Gasteiger partial charge in [0.2, 0.25) is 0 Å². The fourth-order valence-corrected chi connectivity index (χ4v) is 2.34. The van der Waals surface area contributed by atoms with Gasteiger partial charge in [0, 0.05) is 0 Å². The predicted molar refractivity (Wildman–Crippen MR) is 56.1 cm³/mol. The quantitative estimate of drug-likeness (QED) is 0.653. The number of rotatable bonds is 2. The third kappa shape index (κ3) is 1.75. The highest BCUT2D eigenvalue weighted by Crippen LogP contribution is 2.37. The lowest BCUT2D eigenvalue weighted by Gasteiger charge is -2.30. The summed E-state index contributed by atoms with van der Waals surface area (Å²) in [5, 5.41) is 4.45. The molecule has 1 aromatic rings. The molecule has 1 saturated carbocycles. The van der Waals surface area contributed by atoms with E-state index < -0.39 is 0 Å². The minimum Gasteiger partial charge on any atom is -0.662 e. The van der Waals surface area contributed by atoms with Gasteiger partial charge in [-0.2, -0.15) is 7.05 Å². The normalized spacial score (nSPS) is 27.8. The first-order chi connectivity index (χ1) is 6.42. The van der Waals surface area contributed by atoms with Crippen LogP contribution in [-0.2, 0) is 0 Å². The highest BCUT2D eigenvalue weighted by Gasteiger charge is 2.20. The monoisotopic (exact) mass is 174 g/mol. The van der Waals surface area contributed by atoms with E-state index in [1.165, 1.54) is 24.8 Å². The smallest absolute Gasteiger partial charge is 0.0322 e. The van der Waals surface area contributed by atoms with Crippen LogP contribution >= 0.6 is 0 Å². The largest absolute Gasteiger partial charge is 0.662 e. The van der Waals surface area contributed by atoms with E-state index in [1.807, 2.05) is 7.05 Å². The molecular weight excluding hydrogens is 158 g/mol. The van der Waals surface area contributed by atoms with Crippen LogP contribution in [0.5, 0.6) is 0 Å². The van der Waals surface area contributed by atoms with Crippen LogP contribution in [0.25, 0.3) is 5.32 Å². The lowest BCUT2D eigenvalue weighted by atomic mass is 9.94. The van der Waals surface area contributed by atoms with Gasteiger partial charge in [-0.3, -0.25) is 0 Å². The second-order valence-corrected chi connectivity index (χ2v) is 3.77. The van der Waals surface area contributed by atoms with Crippen molar-refractivity contribution in [2.75, 3.05) is 7.05 Å². The molecule has 1 aliphatic rings. The number of nitrogens with zero attached hydrogens (tertiary/aromatic N) is 1. The Kier molecular flexibility index (Phi) is 2.65. The highest BCUT2D eigenvalue weighted by molar-refractivity contribution is 5.24. The summed E-state index contributed by atoms with van der Waals surface area (Å²) in [5.41, 5.74) is 1.47. The van der Waals surface area contributed by atoms with Crippen molar-refractivity contribution in [2.24, 2.45) is 0 Å². The van der Waals surface area contributed by atoms with Gasteiger partial charge in [0.05, 0.1) is 0 Å². The standard InChI is InChI=1S/C12H16N/c1-13-12-9-5-8-11(12)10-6-3-2-4-7-10/h2-4,6-7,11-12H,5,8-9H2,1H3/q-1/t11-,12-/m1/s1. The molecule has 1 nitrogen and oxygen atoms in total. The van der Waals surface area contributed by atoms with Gasteiger partial charge < -0.3 is 5.32 Å². The van der Waals surface area contributed by atoms with Crippen molar-refractivity contribution in [3.8, 4) is 0 Å². The topological polar surface area (TPSA) is 14.1 Å². The summed E-state index contributed by atoms with van der Waals surface area (Å²) in [6.45, 7) is 0. The third-order valence-electron chi connectivity index (χ3n) is 3.04. The number of hydrogen-bond acceptors (Lipinski definition) is 0. The molecule has 0 amide bonds. The molecule has 0 aliphatic heterocycles. The van der Waals surface area contributed by atoms with Gasteiger partial charge in [0.25, 0.3) is 0 Å². The molecule has 0 saturated heterocycles. The SMILES string of the molecule is C[N-][C@@H]1CCC[C@@H]1c1ccccc1. The second kappa shape index (κ2) is 3.93. The molecular formula is C12H16N-. The lowest BCUT2D eigenvalue weighted by Crippen LogP contribution is -2.09. The number of likely N-dealkylation sites (N-methyl/N-ethyl adjacent to an activating group) is 1. The molecule has 2 atom stereocenters. The van der Waals surface area contributed by atoms with E-state index in [2.05, 4.69) is 35.6 Å². The maximum absolute atomic E-state index is 4.45. The Morgan fingerprint density at radius 3 is 2.62 bits per heavy atom. The molecule has 0 spiro atoms. The molecule has 70 valence electrons. The van der Waals surface area contributed by atoms with Crippen molar-refractivity contribution in [1.82, 2.24) is 0 Å². The van der Waals surface area contributed by atoms with Gasteiger partial charge in [-0.25, -0.2) is 0 Å². The van der Waals surface area contributed by atoms with E-state index in [4.69, 9.17) is 0 Å². The molecule has 0 radical (unpaired) electrons. The molecule has 0 aromatic heterocycles. The molecule has 1 aliphatic carbocycles. The van der Waals surface area contributed by atoms with E-state index in [9.17, 15) is 0 Å². The van der Waals surface area contributed by atoms with Crippen LogP contribution in [0.4, 0.5) is 0 Å². The van der Waals surface area contributed by atoms with Crippen molar-refractivity contribution in [3.05, 3.63) is 41.2 Å². The first kappa shape index (κ1) is 8.76.